The highest BCUT2D eigenvalue weighted by atomic mass is 79.9. The van der Waals surface area contributed by atoms with Crippen LogP contribution in [0.25, 0.3) is 0 Å². The summed E-state index contributed by atoms with van der Waals surface area (Å²) in [6, 6.07) is 9.77. The number of aromatic nitrogens is 1. The predicted molar refractivity (Wildman–Crippen MR) is 71.6 cm³/mol. The molecule has 0 N–H and O–H groups in total. The first-order chi connectivity index (χ1) is 8.97. The molecule has 0 radical (unpaired) electrons. The summed E-state index contributed by atoms with van der Waals surface area (Å²) in [6.07, 6.45) is 0. The number of hydrogen-bond donors (Lipinski definition) is 0. The van der Waals surface area contributed by atoms with E-state index in [2.05, 4.69) is 0 Å². The first-order valence-corrected chi connectivity index (χ1v) is 6.24. The maximum Gasteiger partial charge on any atom is 0.227 e. The summed E-state index contributed by atoms with van der Waals surface area (Å²) in [4.78, 5) is 12.2. The lowest BCUT2D eigenvalue weighted by molar-refractivity contribution is -0.695. The smallest absolute Gasteiger partial charge is 0.227 e. The fourth-order valence-corrected chi connectivity index (χ4v) is 2.25. The predicted octanol–water partition coefficient (Wildman–Crippen LogP) is -0.0746. The number of halogens is 2. The molecule has 0 saturated carbocycles. The van der Waals surface area contributed by atoms with Gasteiger partial charge in [0.2, 0.25) is 12.3 Å². The van der Waals surface area contributed by atoms with Crippen molar-refractivity contribution in [3.63, 3.8) is 0 Å². The number of rotatable bonds is 3. The van der Waals surface area contributed by atoms with Crippen LogP contribution in [0.4, 0.5) is 4.39 Å². The summed E-state index contributed by atoms with van der Waals surface area (Å²) in [6.45, 7) is 6.28. The largest absolute Gasteiger partial charge is 1.00 e. The van der Waals surface area contributed by atoms with Crippen molar-refractivity contribution in [2.75, 3.05) is 0 Å². The number of hydrogen-bond acceptors (Lipinski definition) is 1. The monoisotopic (exact) mass is 337 g/mol. The van der Waals surface area contributed by atoms with Gasteiger partial charge in [0.25, 0.3) is 0 Å². The van der Waals surface area contributed by atoms with Gasteiger partial charge in [-0.1, -0.05) is 0 Å². The first-order valence-electron chi connectivity index (χ1n) is 6.24. The van der Waals surface area contributed by atoms with Gasteiger partial charge in [-0.2, -0.15) is 4.57 Å². The van der Waals surface area contributed by atoms with Gasteiger partial charge in [0.15, 0.2) is 11.4 Å². The van der Waals surface area contributed by atoms with Gasteiger partial charge in [-0.05, 0) is 36.8 Å². The van der Waals surface area contributed by atoms with Crippen molar-refractivity contribution in [1.29, 1.82) is 0 Å². The molecule has 0 aliphatic rings. The van der Waals surface area contributed by atoms with E-state index in [1.165, 1.54) is 29.8 Å². The number of ketones is 1. The number of benzene rings is 1. The molecule has 2 rings (SSSR count). The molecule has 0 spiro atoms. The number of nitrogens with zero attached hydrogens (tertiary/aromatic N) is 1. The van der Waals surface area contributed by atoms with E-state index in [4.69, 9.17) is 0 Å². The van der Waals surface area contributed by atoms with Crippen molar-refractivity contribution < 1.29 is 30.7 Å². The topological polar surface area (TPSA) is 20.9 Å². The Kier molecular flexibility index (Phi) is 5.57. The lowest BCUT2D eigenvalue weighted by Crippen LogP contribution is -3.00. The minimum atomic E-state index is -0.327. The van der Waals surface area contributed by atoms with Gasteiger partial charge in [0.1, 0.15) is 5.82 Å². The number of Topliss-reactive ketones (excluding diaryl/α,β-unsaturated/α-hetero) is 1. The molecule has 0 fully saturated rings. The van der Waals surface area contributed by atoms with Crippen LogP contribution in [0.15, 0.2) is 36.4 Å². The lowest BCUT2D eigenvalue weighted by atomic mass is 10.1. The number of carbonyl (C=O) groups is 1. The van der Waals surface area contributed by atoms with E-state index in [0.717, 1.165) is 11.4 Å². The molecule has 0 aliphatic carbocycles. The van der Waals surface area contributed by atoms with E-state index in [1.807, 2.05) is 37.5 Å². The van der Waals surface area contributed by atoms with Gasteiger partial charge >= 0.3 is 0 Å². The summed E-state index contributed by atoms with van der Waals surface area (Å²) in [7, 11) is 0. The molecule has 1 aromatic heterocycles. The van der Waals surface area contributed by atoms with Crippen molar-refractivity contribution in [3.8, 4) is 0 Å². The van der Waals surface area contributed by atoms with Crippen LogP contribution in [0, 0.1) is 26.6 Å². The molecule has 2 nitrogen and oxygen atoms in total. The second-order valence-corrected chi connectivity index (χ2v) is 4.83. The van der Waals surface area contributed by atoms with Crippen LogP contribution in [0.3, 0.4) is 0 Å². The zero-order valence-electron chi connectivity index (χ0n) is 11.8. The van der Waals surface area contributed by atoms with E-state index < -0.39 is 0 Å². The van der Waals surface area contributed by atoms with Gasteiger partial charge < -0.3 is 17.0 Å². The third kappa shape index (κ3) is 3.73. The fourth-order valence-electron chi connectivity index (χ4n) is 2.25. The molecular weight excluding hydrogens is 321 g/mol. The lowest BCUT2D eigenvalue weighted by Gasteiger charge is -2.05. The molecule has 2 aromatic rings. The molecule has 0 amide bonds. The number of aryl methyl sites for hydroxylation is 3. The Bertz CT molecular complexity index is 600. The van der Waals surface area contributed by atoms with Crippen LogP contribution in [0.5, 0.6) is 0 Å². The molecule has 1 heterocycles. The fraction of sp³-hybridized carbons (Fsp3) is 0.250. The Balaban J connectivity index is 0.00000200. The Hall–Kier alpha value is -1.55. The van der Waals surface area contributed by atoms with E-state index in [-0.39, 0.29) is 35.1 Å². The van der Waals surface area contributed by atoms with Crippen LogP contribution >= 0.6 is 0 Å². The number of pyridine rings is 1. The Morgan fingerprint density at radius 1 is 1.05 bits per heavy atom. The summed E-state index contributed by atoms with van der Waals surface area (Å²) in [5, 5.41) is 0. The maximum atomic E-state index is 12.8. The van der Waals surface area contributed by atoms with Crippen molar-refractivity contribution >= 4 is 5.78 Å². The standard InChI is InChI=1S/C16H17FNO.BrH/c1-11-8-12(2)18(13(3)9-11)10-16(19)14-4-6-15(17)7-5-14;/h4-9H,10H2,1-3H3;1H/q+1;/p-1. The first kappa shape index (κ1) is 16.5. The third-order valence-electron chi connectivity index (χ3n) is 3.19. The minimum Gasteiger partial charge on any atom is -1.00 e. The zero-order valence-corrected chi connectivity index (χ0v) is 13.4. The third-order valence-corrected chi connectivity index (χ3v) is 3.19. The van der Waals surface area contributed by atoms with Crippen molar-refractivity contribution in [3.05, 3.63) is 64.7 Å². The van der Waals surface area contributed by atoms with Crippen LogP contribution in [0.1, 0.15) is 27.3 Å². The Morgan fingerprint density at radius 3 is 2.05 bits per heavy atom. The van der Waals surface area contributed by atoms with Gasteiger partial charge in [-0.3, -0.25) is 4.79 Å². The second kappa shape index (κ2) is 6.75. The van der Waals surface area contributed by atoms with Gasteiger partial charge in [0, 0.05) is 31.5 Å². The second-order valence-electron chi connectivity index (χ2n) is 4.83. The highest BCUT2D eigenvalue weighted by molar-refractivity contribution is 5.95. The normalized spacial score (nSPS) is 10.0. The number of carbonyl (C=O) groups excluding carboxylic acids is 1. The van der Waals surface area contributed by atoms with Crippen LogP contribution in [-0.4, -0.2) is 5.78 Å². The van der Waals surface area contributed by atoms with E-state index in [0.29, 0.717) is 5.56 Å². The molecule has 0 unspecified atom stereocenters. The van der Waals surface area contributed by atoms with Crippen LogP contribution in [-0.2, 0) is 6.54 Å². The average Bonchev–Trinajstić information content (AvgIpc) is 2.34. The van der Waals surface area contributed by atoms with Gasteiger partial charge in [-0.25, -0.2) is 4.39 Å². The highest BCUT2D eigenvalue weighted by Gasteiger charge is 2.17. The summed E-state index contributed by atoms with van der Waals surface area (Å²) < 4.78 is 14.8. The summed E-state index contributed by atoms with van der Waals surface area (Å²) in [5.41, 5.74) is 3.81. The SMILES string of the molecule is Cc1cc(C)[n+](CC(=O)c2ccc(F)cc2)c(C)c1.[Br-]. The Labute approximate surface area is 129 Å². The molecule has 1 aromatic carbocycles. The van der Waals surface area contributed by atoms with Crippen LogP contribution in [0.2, 0.25) is 0 Å². The van der Waals surface area contributed by atoms with E-state index >= 15 is 0 Å². The molecule has 4 heteroatoms. The molecule has 0 atom stereocenters. The average molecular weight is 338 g/mol. The van der Waals surface area contributed by atoms with Crippen molar-refractivity contribution in [1.82, 2.24) is 0 Å². The van der Waals surface area contributed by atoms with Crippen LogP contribution < -0.4 is 21.5 Å². The van der Waals surface area contributed by atoms with Crippen molar-refractivity contribution in [2.45, 2.75) is 27.3 Å². The van der Waals surface area contributed by atoms with E-state index in [1.54, 1.807) is 0 Å². The Morgan fingerprint density at radius 2 is 1.55 bits per heavy atom. The molecule has 0 aliphatic heterocycles. The minimum absolute atomic E-state index is 0. The van der Waals surface area contributed by atoms with Gasteiger partial charge in [0.05, 0.1) is 0 Å². The maximum absolute atomic E-state index is 12.8. The molecule has 106 valence electrons. The zero-order chi connectivity index (χ0) is 14.0. The summed E-state index contributed by atoms with van der Waals surface area (Å²) in [5.74, 6) is -0.341. The summed E-state index contributed by atoms with van der Waals surface area (Å²) >= 11 is 0. The highest BCUT2D eigenvalue weighted by Crippen LogP contribution is 2.06. The molecule has 0 bridgehead atoms. The van der Waals surface area contributed by atoms with Gasteiger partial charge in [-0.15, -0.1) is 0 Å². The molecule has 20 heavy (non-hydrogen) atoms. The van der Waals surface area contributed by atoms with Crippen molar-refractivity contribution in [2.24, 2.45) is 0 Å². The quantitative estimate of drug-likeness (QED) is 0.567. The molecular formula is C16H17BrFNO. The molecule has 0 saturated heterocycles. The van der Waals surface area contributed by atoms with E-state index in [9.17, 15) is 9.18 Å².